The third-order valence-corrected chi connectivity index (χ3v) is 4.04. The van der Waals surface area contributed by atoms with E-state index in [2.05, 4.69) is 5.32 Å². The summed E-state index contributed by atoms with van der Waals surface area (Å²) >= 11 is 6.09. The van der Waals surface area contributed by atoms with Crippen molar-refractivity contribution >= 4 is 23.5 Å². The summed E-state index contributed by atoms with van der Waals surface area (Å²) in [5.41, 5.74) is 2.67. The number of ether oxygens (including phenoxy) is 1. The Bertz CT molecular complexity index is 750. The molecule has 2 rings (SSSR count). The smallest absolute Gasteiger partial charge is 0.335 e. The van der Waals surface area contributed by atoms with Crippen LogP contribution in [0.25, 0.3) is 0 Å². The summed E-state index contributed by atoms with van der Waals surface area (Å²) in [6.45, 7) is 3.86. The first-order valence-corrected chi connectivity index (χ1v) is 7.73. The Kier molecular flexibility index (Phi) is 5.82. The molecule has 0 aromatic heterocycles. The van der Waals surface area contributed by atoms with Crippen molar-refractivity contribution in [2.24, 2.45) is 0 Å². The van der Waals surface area contributed by atoms with Crippen molar-refractivity contribution in [3.05, 3.63) is 63.7 Å². The average molecular weight is 348 g/mol. The summed E-state index contributed by atoms with van der Waals surface area (Å²) in [6, 6.07) is 9.97. The minimum absolute atomic E-state index is 0.126. The van der Waals surface area contributed by atoms with Gasteiger partial charge in [0.1, 0.15) is 5.75 Å². The summed E-state index contributed by atoms with van der Waals surface area (Å²) in [5.74, 6) is -0.710. The zero-order chi connectivity index (χ0) is 17.7. The SMILES string of the molecule is Cc1cc(OCC(=O)NCc2cccc(C(=O)O)c2)cc(C)c1Cl. The molecule has 0 atom stereocenters. The van der Waals surface area contributed by atoms with Crippen LogP contribution in [0, 0.1) is 13.8 Å². The molecule has 0 saturated carbocycles. The molecule has 0 aliphatic heterocycles. The second kappa shape index (κ2) is 7.84. The number of hydrogen-bond donors (Lipinski definition) is 2. The van der Waals surface area contributed by atoms with Gasteiger partial charge in [0, 0.05) is 11.6 Å². The van der Waals surface area contributed by atoms with Crippen LogP contribution < -0.4 is 10.1 Å². The molecule has 0 radical (unpaired) electrons. The number of nitrogens with one attached hydrogen (secondary N) is 1. The van der Waals surface area contributed by atoms with Gasteiger partial charge in [-0.3, -0.25) is 4.79 Å². The maximum atomic E-state index is 11.9. The Morgan fingerprint density at radius 2 is 1.83 bits per heavy atom. The Morgan fingerprint density at radius 1 is 1.17 bits per heavy atom. The molecule has 2 aromatic carbocycles. The Balaban J connectivity index is 1.88. The number of benzene rings is 2. The lowest BCUT2D eigenvalue weighted by Crippen LogP contribution is -2.28. The number of hydrogen-bond acceptors (Lipinski definition) is 3. The number of carboxylic acid groups (broad SMARTS) is 1. The fraction of sp³-hybridized carbons (Fsp3) is 0.222. The molecule has 0 bridgehead atoms. The lowest BCUT2D eigenvalue weighted by atomic mass is 10.1. The van der Waals surface area contributed by atoms with Crippen LogP contribution in [0.4, 0.5) is 0 Å². The highest BCUT2D eigenvalue weighted by molar-refractivity contribution is 6.32. The van der Waals surface area contributed by atoms with Crippen molar-refractivity contribution in [3.8, 4) is 5.75 Å². The van der Waals surface area contributed by atoms with E-state index in [4.69, 9.17) is 21.4 Å². The molecule has 0 fully saturated rings. The fourth-order valence-electron chi connectivity index (χ4n) is 2.20. The monoisotopic (exact) mass is 347 g/mol. The van der Waals surface area contributed by atoms with Gasteiger partial charge in [-0.1, -0.05) is 23.7 Å². The van der Waals surface area contributed by atoms with E-state index in [-0.39, 0.29) is 24.6 Å². The summed E-state index contributed by atoms with van der Waals surface area (Å²) in [4.78, 5) is 22.8. The fourth-order valence-corrected chi connectivity index (χ4v) is 2.31. The second-order valence-corrected chi connectivity index (χ2v) is 5.82. The molecule has 6 heteroatoms. The van der Waals surface area contributed by atoms with Crippen LogP contribution >= 0.6 is 11.6 Å². The molecule has 0 saturated heterocycles. The molecule has 1 amide bonds. The normalized spacial score (nSPS) is 10.3. The largest absolute Gasteiger partial charge is 0.484 e. The van der Waals surface area contributed by atoms with E-state index < -0.39 is 5.97 Å². The number of rotatable bonds is 6. The lowest BCUT2D eigenvalue weighted by Gasteiger charge is -2.10. The number of carboxylic acids is 1. The van der Waals surface area contributed by atoms with E-state index in [1.807, 2.05) is 13.8 Å². The maximum absolute atomic E-state index is 11.9. The van der Waals surface area contributed by atoms with Crippen LogP contribution in [0.2, 0.25) is 5.02 Å². The lowest BCUT2D eigenvalue weighted by molar-refractivity contribution is -0.123. The summed E-state index contributed by atoms with van der Waals surface area (Å²) in [5, 5.41) is 12.3. The average Bonchev–Trinajstić information content (AvgIpc) is 2.56. The first-order valence-electron chi connectivity index (χ1n) is 7.35. The van der Waals surface area contributed by atoms with Crippen LogP contribution in [0.1, 0.15) is 27.0 Å². The number of carbonyl (C=O) groups excluding carboxylic acids is 1. The molecular weight excluding hydrogens is 330 g/mol. The third kappa shape index (κ3) is 4.73. The molecular formula is C18H18ClNO4. The van der Waals surface area contributed by atoms with Gasteiger partial charge in [-0.15, -0.1) is 0 Å². The maximum Gasteiger partial charge on any atom is 0.335 e. The van der Waals surface area contributed by atoms with Crippen molar-refractivity contribution in [3.63, 3.8) is 0 Å². The minimum Gasteiger partial charge on any atom is -0.484 e. The molecule has 5 nitrogen and oxygen atoms in total. The minimum atomic E-state index is -1.00. The number of amides is 1. The molecule has 0 spiro atoms. The van der Waals surface area contributed by atoms with E-state index in [1.165, 1.54) is 12.1 Å². The van der Waals surface area contributed by atoms with Crippen LogP contribution in [0.5, 0.6) is 5.75 Å². The number of carbonyl (C=O) groups is 2. The predicted octanol–water partition coefficient (Wildman–Crippen LogP) is 3.35. The van der Waals surface area contributed by atoms with Gasteiger partial charge < -0.3 is 15.2 Å². The highest BCUT2D eigenvalue weighted by Gasteiger charge is 2.08. The second-order valence-electron chi connectivity index (χ2n) is 5.44. The molecule has 0 unspecified atom stereocenters. The predicted molar refractivity (Wildman–Crippen MR) is 91.7 cm³/mol. The van der Waals surface area contributed by atoms with Gasteiger partial charge in [0.25, 0.3) is 5.91 Å². The molecule has 24 heavy (non-hydrogen) atoms. The zero-order valence-corrected chi connectivity index (χ0v) is 14.2. The van der Waals surface area contributed by atoms with Crippen molar-refractivity contribution in [1.82, 2.24) is 5.32 Å². The molecule has 0 heterocycles. The van der Waals surface area contributed by atoms with Gasteiger partial charge >= 0.3 is 5.97 Å². The van der Waals surface area contributed by atoms with E-state index in [1.54, 1.807) is 24.3 Å². The zero-order valence-electron chi connectivity index (χ0n) is 13.4. The Hall–Kier alpha value is -2.53. The van der Waals surface area contributed by atoms with Crippen molar-refractivity contribution in [2.45, 2.75) is 20.4 Å². The molecule has 2 aromatic rings. The van der Waals surface area contributed by atoms with E-state index >= 15 is 0 Å². The number of halogens is 1. The van der Waals surface area contributed by atoms with E-state index in [0.29, 0.717) is 16.3 Å². The standard InChI is InChI=1S/C18H18ClNO4/c1-11-6-15(7-12(2)17(11)19)24-10-16(21)20-9-13-4-3-5-14(8-13)18(22)23/h3-8H,9-10H2,1-2H3,(H,20,21)(H,22,23). The van der Waals surface area contributed by atoms with Crippen LogP contribution in [-0.4, -0.2) is 23.6 Å². The first kappa shape index (κ1) is 17.8. The molecule has 0 aliphatic carbocycles. The summed E-state index contributed by atoms with van der Waals surface area (Å²) in [7, 11) is 0. The van der Waals surface area contributed by atoms with Crippen molar-refractivity contribution < 1.29 is 19.4 Å². The Morgan fingerprint density at radius 3 is 2.46 bits per heavy atom. The first-order chi connectivity index (χ1) is 11.4. The molecule has 2 N–H and O–H groups in total. The highest BCUT2D eigenvalue weighted by atomic mass is 35.5. The third-order valence-electron chi connectivity index (χ3n) is 3.44. The van der Waals surface area contributed by atoms with Gasteiger partial charge in [-0.05, 0) is 54.8 Å². The van der Waals surface area contributed by atoms with Crippen molar-refractivity contribution in [1.29, 1.82) is 0 Å². The topological polar surface area (TPSA) is 75.6 Å². The van der Waals surface area contributed by atoms with Gasteiger partial charge in [-0.25, -0.2) is 4.79 Å². The number of aryl methyl sites for hydroxylation is 2. The van der Waals surface area contributed by atoms with E-state index in [0.717, 1.165) is 11.1 Å². The summed E-state index contributed by atoms with van der Waals surface area (Å²) in [6.07, 6.45) is 0. The highest BCUT2D eigenvalue weighted by Crippen LogP contribution is 2.25. The molecule has 0 aliphatic rings. The van der Waals surface area contributed by atoms with Gasteiger partial charge in [0.15, 0.2) is 6.61 Å². The van der Waals surface area contributed by atoms with Crippen LogP contribution in [-0.2, 0) is 11.3 Å². The van der Waals surface area contributed by atoms with Gasteiger partial charge in [0.05, 0.1) is 5.56 Å². The van der Waals surface area contributed by atoms with Crippen molar-refractivity contribution in [2.75, 3.05) is 6.61 Å². The number of aromatic carboxylic acids is 1. The van der Waals surface area contributed by atoms with Gasteiger partial charge in [0.2, 0.25) is 0 Å². The summed E-state index contributed by atoms with van der Waals surface area (Å²) < 4.78 is 5.47. The van der Waals surface area contributed by atoms with E-state index in [9.17, 15) is 9.59 Å². The quantitative estimate of drug-likeness (QED) is 0.840. The van der Waals surface area contributed by atoms with Crippen LogP contribution in [0.3, 0.4) is 0 Å². The molecule has 126 valence electrons. The van der Waals surface area contributed by atoms with Gasteiger partial charge in [-0.2, -0.15) is 0 Å². The Labute approximate surface area is 145 Å². The van der Waals surface area contributed by atoms with Crippen LogP contribution in [0.15, 0.2) is 36.4 Å².